The van der Waals surface area contributed by atoms with Gasteiger partial charge >= 0.3 is 6.18 Å². The minimum Gasteiger partial charge on any atom is -0.348 e. The topological polar surface area (TPSA) is 42.0 Å². The second-order valence-electron chi connectivity index (χ2n) is 7.44. The van der Waals surface area contributed by atoms with Crippen LogP contribution in [0.15, 0.2) is 72.8 Å². The molecule has 4 aromatic rings. The first kappa shape index (κ1) is 21.8. The molecule has 162 valence electrons. The van der Waals surface area contributed by atoms with Crippen LogP contribution in [0.4, 0.5) is 13.2 Å². The van der Waals surface area contributed by atoms with Crippen LogP contribution in [0.2, 0.25) is 5.02 Å². The lowest BCUT2D eigenvalue weighted by Gasteiger charge is -2.13. The molecular weight excluding hydrogens is 437 g/mol. The molecule has 1 heterocycles. The smallest absolute Gasteiger partial charge is 0.348 e. The molecule has 0 saturated carbocycles. The molecule has 0 aliphatic carbocycles. The molecule has 32 heavy (non-hydrogen) atoms. The summed E-state index contributed by atoms with van der Waals surface area (Å²) in [6.45, 7) is 1.87. The summed E-state index contributed by atoms with van der Waals surface area (Å²) in [5.41, 5.74) is 2.78. The van der Waals surface area contributed by atoms with Crippen LogP contribution in [0, 0.1) is 6.92 Å². The summed E-state index contributed by atoms with van der Waals surface area (Å²) in [6, 6.07) is 19.3. The van der Waals surface area contributed by atoms with Crippen LogP contribution in [0.3, 0.4) is 0 Å². The Morgan fingerprint density at radius 2 is 1.78 bits per heavy atom. The number of nitrogens with one attached hydrogen (secondary N) is 1. The maximum atomic E-state index is 13.1. The van der Waals surface area contributed by atoms with Gasteiger partial charge in [-0.3, -0.25) is 4.79 Å². The van der Waals surface area contributed by atoms with Gasteiger partial charge in [-0.2, -0.15) is 13.2 Å². The summed E-state index contributed by atoms with van der Waals surface area (Å²) in [5.74, 6) is -0.409. The number of aromatic nitrogens is 1. The number of rotatable bonds is 4. The maximum Gasteiger partial charge on any atom is 0.416 e. The Labute approximate surface area is 187 Å². The molecule has 0 unspecified atom stereocenters. The van der Waals surface area contributed by atoms with Crippen molar-refractivity contribution in [3.8, 4) is 11.3 Å². The zero-order valence-electron chi connectivity index (χ0n) is 17.0. The predicted octanol–water partition coefficient (Wildman–Crippen LogP) is 6.81. The van der Waals surface area contributed by atoms with Gasteiger partial charge in [0, 0.05) is 22.5 Å². The highest BCUT2D eigenvalue weighted by atomic mass is 35.5. The zero-order valence-corrected chi connectivity index (χ0v) is 17.8. The summed E-state index contributed by atoms with van der Waals surface area (Å²) in [7, 11) is 0. The van der Waals surface area contributed by atoms with Crippen molar-refractivity contribution < 1.29 is 18.0 Å². The fraction of sp³-hybridized carbons (Fsp3) is 0.120. The lowest BCUT2D eigenvalue weighted by atomic mass is 10.0. The van der Waals surface area contributed by atoms with Crippen LogP contribution in [-0.4, -0.2) is 10.9 Å². The number of carbonyl (C=O) groups excluding carboxylic acids is 1. The number of hydrogen-bond donors (Lipinski definition) is 1. The van der Waals surface area contributed by atoms with Crippen LogP contribution in [0.25, 0.3) is 22.2 Å². The van der Waals surface area contributed by atoms with Crippen LogP contribution in [0.5, 0.6) is 0 Å². The third-order valence-electron chi connectivity index (χ3n) is 5.07. The molecule has 1 N–H and O–H groups in total. The fourth-order valence-electron chi connectivity index (χ4n) is 3.47. The Morgan fingerprint density at radius 1 is 1.00 bits per heavy atom. The van der Waals surface area contributed by atoms with Crippen molar-refractivity contribution in [2.75, 3.05) is 0 Å². The second-order valence-corrected chi connectivity index (χ2v) is 7.84. The maximum absolute atomic E-state index is 13.1. The largest absolute Gasteiger partial charge is 0.416 e. The first-order chi connectivity index (χ1) is 15.2. The SMILES string of the molecule is Cc1ccc2nc(-c3ccccc3Cl)cc(C(=O)NCc3cccc(C(F)(F)F)c3)c2c1. The number of benzene rings is 3. The number of carbonyl (C=O) groups is 1. The second kappa shape index (κ2) is 8.63. The van der Waals surface area contributed by atoms with E-state index in [0.29, 0.717) is 38.3 Å². The van der Waals surface area contributed by atoms with Crippen LogP contribution >= 0.6 is 11.6 Å². The molecule has 0 radical (unpaired) electrons. The summed E-state index contributed by atoms with van der Waals surface area (Å²) in [4.78, 5) is 17.8. The molecule has 3 aromatic carbocycles. The van der Waals surface area contributed by atoms with E-state index in [-0.39, 0.29) is 6.54 Å². The highest BCUT2D eigenvalue weighted by molar-refractivity contribution is 6.33. The van der Waals surface area contributed by atoms with E-state index in [4.69, 9.17) is 11.6 Å². The number of nitrogens with zero attached hydrogens (tertiary/aromatic N) is 1. The van der Waals surface area contributed by atoms with Crippen molar-refractivity contribution in [3.63, 3.8) is 0 Å². The first-order valence-electron chi connectivity index (χ1n) is 9.83. The zero-order chi connectivity index (χ0) is 22.9. The molecule has 4 rings (SSSR count). The van der Waals surface area contributed by atoms with Gasteiger partial charge in [-0.1, -0.05) is 53.6 Å². The number of alkyl halides is 3. The lowest BCUT2D eigenvalue weighted by Crippen LogP contribution is -2.23. The number of aryl methyl sites for hydroxylation is 1. The van der Waals surface area contributed by atoms with Gasteiger partial charge in [0.25, 0.3) is 5.91 Å². The summed E-state index contributed by atoms with van der Waals surface area (Å²) < 4.78 is 38.9. The normalized spacial score (nSPS) is 11.5. The average Bonchev–Trinajstić information content (AvgIpc) is 2.77. The lowest BCUT2D eigenvalue weighted by molar-refractivity contribution is -0.137. The molecule has 0 spiro atoms. The van der Waals surface area contributed by atoms with Gasteiger partial charge in [0.05, 0.1) is 22.3 Å². The van der Waals surface area contributed by atoms with Gasteiger partial charge in [-0.25, -0.2) is 4.98 Å². The van der Waals surface area contributed by atoms with E-state index < -0.39 is 17.6 Å². The minimum atomic E-state index is -4.44. The van der Waals surface area contributed by atoms with Crippen molar-refractivity contribution in [2.45, 2.75) is 19.6 Å². The minimum absolute atomic E-state index is 0.0419. The van der Waals surface area contributed by atoms with E-state index in [1.807, 2.05) is 37.3 Å². The van der Waals surface area contributed by atoms with Gasteiger partial charge in [-0.05, 0) is 48.9 Å². The molecule has 1 aromatic heterocycles. The van der Waals surface area contributed by atoms with Crippen molar-refractivity contribution in [3.05, 3.63) is 100 Å². The molecule has 0 fully saturated rings. The number of fused-ring (bicyclic) bond motifs is 1. The van der Waals surface area contributed by atoms with Crippen LogP contribution in [0.1, 0.15) is 27.0 Å². The highest BCUT2D eigenvalue weighted by Crippen LogP contribution is 2.31. The van der Waals surface area contributed by atoms with Gasteiger partial charge in [0.1, 0.15) is 0 Å². The number of amides is 1. The molecule has 1 amide bonds. The Bertz CT molecular complexity index is 1320. The Balaban J connectivity index is 1.70. The van der Waals surface area contributed by atoms with Crippen molar-refractivity contribution in [1.82, 2.24) is 10.3 Å². The molecule has 0 aliphatic heterocycles. The van der Waals surface area contributed by atoms with Gasteiger partial charge < -0.3 is 5.32 Å². The van der Waals surface area contributed by atoms with E-state index >= 15 is 0 Å². The fourth-order valence-corrected chi connectivity index (χ4v) is 3.70. The van der Waals surface area contributed by atoms with Crippen molar-refractivity contribution in [2.24, 2.45) is 0 Å². The van der Waals surface area contributed by atoms with Crippen molar-refractivity contribution >= 4 is 28.4 Å². The molecule has 7 heteroatoms. The van der Waals surface area contributed by atoms with E-state index in [2.05, 4.69) is 10.3 Å². The van der Waals surface area contributed by atoms with Gasteiger partial charge in [0.15, 0.2) is 0 Å². The molecule has 0 saturated heterocycles. The van der Waals surface area contributed by atoms with Crippen molar-refractivity contribution in [1.29, 1.82) is 0 Å². The standard InChI is InChI=1S/C25H18ClF3N2O/c1-15-9-10-22-19(11-15)20(13-23(31-22)18-7-2-3-8-21(18)26)24(32)30-14-16-5-4-6-17(12-16)25(27,28)29/h2-13H,14H2,1H3,(H,30,32). The predicted molar refractivity (Wildman–Crippen MR) is 120 cm³/mol. The molecule has 0 bridgehead atoms. The van der Waals surface area contributed by atoms with E-state index in [0.717, 1.165) is 17.7 Å². The summed E-state index contributed by atoms with van der Waals surface area (Å²) in [5, 5.41) is 3.89. The molecule has 0 atom stereocenters. The van der Waals surface area contributed by atoms with Crippen LogP contribution < -0.4 is 5.32 Å². The molecule has 0 aliphatic rings. The van der Waals surface area contributed by atoms with E-state index in [9.17, 15) is 18.0 Å². The van der Waals surface area contributed by atoms with Gasteiger partial charge in [0.2, 0.25) is 0 Å². The summed E-state index contributed by atoms with van der Waals surface area (Å²) >= 11 is 6.33. The number of pyridine rings is 1. The Kier molecular flexibility index (Phi) is 5.89. The Morgan fingerprint density at radius 3 is 2.53 bits per heavy atom. The van der Waals surface area contributed by atoms with E-state index in [1.54, 1.807) is 24.3 Å². The summed E-state index contributed by atoms with van der Waals surface area (Å²) in [6.07, 6.45) is -4.44. The highest BCUT2D eigenvalue weighted by Gasteiger charge is 2.30. The monoisotopic (exact) mass is 454 g/mol. The molecular formula is C25H18ClF3N2O. The third-order valence-corrected chi connectivity index (χ3v) is 5.40. The number of hydrogen-bond acceptors (Lipinski definition) is 2. The first-order valence-corrected chi connectivity index (χ1v) is 10.2. The average molecular weight is 455 g/mol. The quantitative estimate of drug-likeness (QED) is 0.368. The molecule has 3 nitrogen and oxygen atoms in total. The number of halogens is 4. The Hall–Kier alpha value is -3.38. The van der Waals surface area contributed by atoms with E-state index in [1.165, 1.54) is 6.07 Å². The van der Waals surface area contributed by atoms with Crippen LogP contribution in [-0.2, 0) is 12.7 Å². The van der Waals surface area contributed by atoms with Gasteiger partial charge in [-0.15, -0.1) is 0 Å². The third kappa shape index (κ3) is 4.60.